The Morgan fingerprint density at radius 3 is 2.41 bits per heavy atom. The van der Waals surface area contributed by atoms with Gasteiger partial charge in [0.2, 0.25) is 5.91 Å². The normalized spacial score (nSPS) is 22.8. The molecule has 3 aliphatic heterocycles. The van der Waals surface area contributed by atoms with Crippen LogP contribution in [-0.4, -0.2) is 87.2 Å². The van der Waals surface area contributed by atoms with E-state index in [2.05, 4.69) is 19.5 Å². The van der Waals surface area contributed by atoms with Crippen molar-refractivity contribution in [2.24, 2.45) is 4.40 Å². The first-order chi connectivity index (χ1) is 13.0. The lowest BCUT2D eigenvalue weighted by atomic mass is 10.3. The molecule has 4 rings (SSSR count). The molecule has 1 amide bonds. The third-order valence-corrected chi connectivity index (χ3v) is 6.70. The molecule has 0 radical (unpaired) electrons. The van der Waals surface area contributed by atoms with Gasteiger partial charge in [-0.3, -0.25) is 14.6 Å². The standard InChI is InChI=1S/C18H25N5O3S/c24-18(23-7-3-4-8-23)14-22-11-9-21(10-12-22)13-17-19-15-5-1-2-6-16(15)27(25,26)20-17/h1-2,5-6H,3-4,7-14H2,(H,19,20). The number of fused-ring (bicyclic) bond motifs is 1. The van der Waals surface area contributed by atoms with Crippen LogP contribution >= 0.6 is 0 Å². The highest BCUT2D eigenvalue weighted by Gasteiger charge is 2.27. The highest BCUT2D eigenvalue weighted by atomic mass is 32.2. The molecule has 0 atom stereocenters. The van der Waals surface area contributed by atoms with Gasteiger partial charge < -0.3 is 10.2 Å². The fourth-order valence-corrected chi connectivity index (χ4v) is 4.95. The first-order valence-electron chi connectivity index (χ1n) is 9.44. The molecule has 8 nitrogen and oxygen atoms in total. The molecule has 1 aromatic carbocycles. The second-order valence-electron chi connectivity index (χ2n) is 7.27. The fraction of sp³-hybridized carbons (Fsp3) is 0.556. The van der Waals surface area contributed by atoms with E-state index >= 15 is 0 Å². The van der Waals surface area contributed by atoms with Crippen molar-refractivity contribution in [2.75, 3.05) is 57.7 Å². The molecule has 0 spiro atoms. The van der Waals surface area contributed by atoms with E-state index in [1.54, 1.807) is 24.3 Å². The summed E-state index contributed by atoms with van der Waals surface area (Å²) in [7, 11) is -3.64. The van der Waals surface area contributed by atoms with Gasteiger partial charge in [0, 0.05) is 39.3 Å². The van der Waals surface area contributed by atoms with Crippen molar-refractivity contribution >= 4 is 27.5 Å². The van der Waals surface area contributed by atoms with Crippen LogP contribution in [0.15, 0.2) is 33.6 Å². The Kier molecular flexibility index (Phi) is 5.16. The first kappa shape index (κ1) is 18.4. The molecule has 1 N–H and O–H groups in total. The third kappa shape index (κ3) is 4.15. The van der Waals surface area contributed by atoms with E-state index in [1.807, 2.05) is 4.90 Å². The quantitative estimate of drug-likeness (QED) is 0.802. The number of nitrogens with one attached hydrogen (secondary N) is 1. The monoisotopic (exact) mass is 391 g/mol. The second-order valence-corrected chi connectivity index (χ2v) is 8.85. The largest absolute Gasteiger partial charge is 0.342 e. The van der Waals surface area contributed by atoms with Crippen LogP contribution in [0.1, 0.15) is 12.8 Å². The summed E-state index contributed by atoms with van der Waals surface area (Å²) in [5.74, 6) is 0.678. The Morgan fingerprint density at radius 1 is 1.00 bits per heavy atom. The summed E-state index contributed by atoms with van der Waals surface area (Å²) >= 11 is 0. The van der Waals surface area contributed by atoms with Gasteiger partial charge in [0.05, 0.1) is 18.8 Å². The molecule has 0 aromatic heterocycles. The number of hydrogen-bond acceptors (Lipinski definition) is 6. The Hall–Kier alpha value is -1.97. The van der Waals surface area contributed by atoms with Crippen molar-refractivity contribution in [3.8, 4) is 0 Å². The second kappa shape index (κ2) is 7.57. The number of anilines is 1. The van der Waals surface area contributed by atoms with Gasteiger partial charge in [0.25, 0.3) is 10.0 Å². The maximum Gasteiger partial charge on any atom is 0.286 e. The van der Waals surface area contributed by atoms with Crippen LogP contribution in [0.3, 0.4) is 0 Å². The van der Waals surface area contributed by atoms with Crippen molar-refractivity contribution in [3.05, 3.63) is 24.3 Å². The molecule has 3 heterocycles. The van der Waals surface area contributed by atoms with E-state index in [9.17, 15) is 13.2 Å². The number of para-hydroxylation sites is 1. The Bertz CT molecular complexity index is 840. The Labute approximate surface area is 159 Å². The topological polar surface area (TPSA) is 85.3 Å². The summed E-state index contributed by atoms with van der Waals surface area (Å²) in [5.41, 5.74) is 0.581. The van der Waals surface area contributed by atoms with Crippen LogP contribution in [0.4, 0.5) is 5.69 Å². The molecule has 1 aromatic rings. The number of carbonyl (C=O) groups excluding carboxylic acids is 1. The number of sulfonamides is 1. The van der Waals surface area contributed by atoms with E-state index < -0.39 is 10.0 Å². The number of piperazine rings is 1. The van der Waals surface area contributed by atoms with Crippen LogP contribution < -0.4 is 5.32 Å². The van der Waals surface area contributed by atoms with Crippen LogP contribution in [0.5, 0.6) is 0 Å². The van der Waals surface area contributed by atoms with Gasteiger partial charge in [-0.1, -0.05) is 12.1 Å². The molecule has 0 saturated carbocycles. The first-order valence-corrected chi connectivity index (χ1v) is 10.9. The molecule has 2 saturated heterocycles. The highest BCUT2D eigenvalue weighted by molar-refractivity contribution is 7.90. The predicted octanol–water partition coefficient (Wildman–Crippen LogP) is 0.439. The number of carbonyl (C=O) groups is 1. The molecule has 0 bridgehead atoms. The van der Waals surface area contributed by atoms with E-state index in [0.29, 0.717) is 24.6 Å². The minimum Gasteiger partial charge on any atom is -0.342 e. The van der Waals surface area contributed by atoms with Gasteiger partial charge in [-0.15, -0.1) is 4.40 Å². The number of amidine groups is 1. The minimum atomic E-state index is -3.64. The Morgan fingerprint density at radius 2 is 1.67 bits per heavy atom. The molecule has 27 heavy (non-hydrogen) atoms. The number of hydrogen-bond donors (Lipinski definition) is 1. The van der Waals surface area contributed by atoms with Gasteiger partial charge in [0.1, 0.15) is 10.7 Å². The summed E-state index contributed by atoms with van der Waals surface area (Å²) in [5, 5.41) is 3.14. The van der Waals surface area contributed by atoms with Crippen molar-refractivity contribution in [1.82, 2.24) is 14.7 Å². The lowest BCUT2D eigenvalue weighted by Gasteiger charge is -2.35. The summed E-state index contributed by atoms with van der Waals surface area (Å²) in [6.07, 6.45) is 2.22. The van der Waals surface area contributed by atoms with E-state index in [4.69, 9.17) is 0 Å². The van der Waals surface area contributed by atoms with Crippen LogP contribution in [0, 0.1) is 0 Å². The number of rotatable bonds is 4. The maximum absolute atomic E-state index is 12.3. The SMILES string of the molecule is O=C(CN1CCN(CC2=NS(=O)(=O)c3ccccc3N2)CC1)N1CCCC1. The zero-order chi connectivity index (χ0) is 18.9. The maximum atomic E-state index is 12.3. The smallest absolute Gasteiger partial charge is 0.286 e. The third-order valence-electron chi connectivity index (χ3n) is 5.33. The summed E-state index contributed by atoms with van der Waals surface area (Å²) in [6.45, 7) is 5.90. The van der Waals surface area contributed by atoms with Crippen molar-refractivity contribution in [3.63, 3.8) is 0 Å². The molecule has 0 unspecified atom stereocenters. The molecular weight excluding hydrogens is 366 g/mol. The van der Waals surface area contributed by atoms with E-state index in [1.165, 1.54) is 0 Å². The molecular formula is C18H25N5O3S. The molecule has 146 valence electrons. The lowest BCUT2D eigenvalue weighted by Crippen LogP contribution is -2.51. The van der Waals surface area contributed by atoms with Crippen molar-refractivity contribution < 1.29 is 13.2 Å². The average molecular weight is 391 g/mol. The molecule has 9 heteroatoms. The van der Waals surface area contributed by atoms with Crippen LogP contribution in [0.25, 0.3) is 0 Å². The summed E-state index contributed by atoms with van der Waals surface area (Å²) in [6, 6.07) is 6.82. The summed E-state index contributed by atoms with van der Waals surface area (Å²) < 4.78 is 28.6. The van der Waals surface area contributed by atoms with Gasteiger partial charge in [0.15, 0.2) is 0 Å². The van der Waals surface area contributed by atoms with Gasteiger partial charge in [-0.05, 0) is 25.0 Å². The predicted molar refractivity (Wildman–Crippen MR) is 103 cm³/mol. The van der Waals surface area contributed by atoms with E-state index in [0.717, 1.165) is 52.1 Å². The zero-order valence-electron chi connectivity index (χ0n) is 15.3. The van der Waals surface area contributed by atoms with Crippen molar-refractivity contribution in [2.45, 2.75) is 17.7 Å². The molecule has 2 fully saturated rings. The lowest BCUT2D eigenvalue weighted by molar-refractivity contribution is -0.131. The number of nitrogens with zero attached hydrogens (tertiary/aromatic N) is 4. The molecule has 3 aliphatic rings. The Balaban J connectivity index is 1.31. The highest BCUT2D eigenvalue weighted by Crippen LogP contribution is 2.26. The number of likely N-dealkylation sites (tertiary alicyclic amines) is 1. The zero-order valence-corrected chi connectivity index (χ0v) is 16.1. The van der Waals surface area contributed by atoms with Gasteiger partial charge in [-0.25, -0.2) is 0 Å². The van der Waals surface area contributed by atoms with E-state index in [-0.39, 0.29) is 10.8 Å². The van der Waals surface area contributed by atoms with Gasteiger partial charge >= 0.3 is 0 Å². The minimum absolute atomic E-state index is 0.221. The van der Waals surface area contributed by atoms with Crippen LogP contribution in [-0.2, 0) is 14.8 Å². The summed E-state index contributed by atoms with van der Waals surface area (Å²) in [4.78, 5) is 18.8. The molecule has 0 aliphatic carbocycles. The fourth-order valence-electron chi connectivity index (χ4n) is 3.81. The van der Waals surface area contributed by atoms with Crippen molar-refractivity contribution in [1.29, 1.82) is 0 Å². The average Bonchev–Trinajstić information content (AvgIpc) is 3.18. The van der Waals surface area contributed by atoms with Crippen LogP contribution in [0.2, 0.25) is 0 Å². The number of benzene rings is 1. The number of amides is 1. The van der Waals surface area contributed by atoms with Gasteiger partial charge in [-0.2, -0.15) is 8.42 Å².